The molecule has 0 saturated carbocycles. The third kappa shape index (κ3) is 7.05. The van der Waals surface area contributed by atoms with Crippen molar-refractivity contribution >= 4 is 80.4 Å². The number of benzene rings is 12. The Kier molecular flexibility index (Phi) is 9.15. The smallest absolute Gasteiger partial charge is 0.252 e. The van der Waals surface area contributed by atoms with E-state index in [-0.39, 0.29) is 34.3 Å². The number of hydrogen-bond donors (Lipinski definition) is 0. The van der Waals surface area contributed by atoms with Crippen LogP contribution in [0.3, 0.4) is 0 Å². The van der Waals surface area contributed by atoms with Crippen LogP contribution in [0.25, 0.3) is 55.6 Å². The Morgan fingerprint density at radius 2 is 0.692 bits per heavy atom. The van der Waals surface area contributed by atoms with E-state index < -0.39 is 48.4 Å². The fourth-order valence-electron chi connectivity index (χ4n) is 12.7. The zero-order chi connectivity index (χ0) is 58.9. The van der Waals surface area contributed by atoms with Crippen molar-refractivity contribution in [2.45, 2.75) is 5.41 Å². The predicted octanol–water partition coefficient (Wildman–Crippen LogP) is 18.1. The molecule has 0 unspecified atom stereocenters. The van der Waals surface area contributed by atoms with Crippen LogP contribution in [0.4, 0.5) is 34.1 Å². The largest absolute Gasteiger partial charge is 0.310 e. The second-order valence-corrected chi connectivity index (χ2v) is 20.8. The van der Waals surface area contributed by atoms with Gasteiger partial charge in [0, 0.05) is 55.0 Å². The Labute approximate surface area is 477 Å². The van der Waals surface area contributed by atoms with E-state index in [1.54, 1.807) is 0 Å². The normalized spacial score (nSPS) is 14.7. The van der Waals surface area contributed by atoms with Gasteiger partial charge in [-0.05, 0) is 108 Å². The standard InChI is InChI=1S/C73H47BCl2N2/c75-54-40-42-64-66(46-54)77(71-56(48-22-6-1-7-23-48)34-20-35-57(71)49-24-8-2-9-25-49)68-44-53(73(52-30-14-5-15-31-52)62-38-18-16-32-60(62)61-33-17-19-39-63(61)73)45-69-70(68)74(64)65-43-41-55(76)47-67(65)78(69)72-58(50-26-10-3-11-27-50)36-21-37-59(72)51-28-12-4-13-29-51/h1-47H/i16D,17D,18D,19D,32D,33D,38D,39D. The molecule has 0 amide bonds. The van der Waals surface area contributed by atoms with E-state index >= 15 is 0 Å². The van der Waals surface area contributed by atoms with Crippen molar-refractivity contribution in [3.63, 3.8) is 0 Å². The molecule has 0 N–H and O–H groups in total. The molecule has 0 fully saturated rings. The number of para-hydroxylation sites is 2. The van der Waals surface area contributed by atoms with Gasteiger partial charge in [0.15, 0.2) is 0 Å². The molecule has 15 rings (SSSR count). The maximum Gasteiger partial charge on any atom is 0.252 e. The van der Waals surface area contributed by atoms with Crippen molar-refractivity contribution in [3.8, 4) is 55.6 Å². The topological polar surface area (TPSA) is 6.48 Å². The average molecular weight is 1040 g/mol. The molecule has 78 heavy (non-hydrogen) atoms. The SMILES string of the molecule is [2H]c1c([2H])c([2H])c2c(c1[2H])-c1c([2H])c([2H])c([2H])c([2H])c1C2(c1ccccc1)c1cc2c3c(c1)N(c1c(-c4ccccc4)cccc1-c1ccccc1)c1cc(Cl)ccc1B3c1ccc(Cl)cc1N2c1c(-c2ccccc2)cccc1-c1ccccc1. The van der Waals surface area contributed by atoms with Gasteiger partial charge < -0.3 is 9.80 Å². The maximum atomic E-state index is 10.2. The highest BCUT2D eigenvalue weighted by atomic mass is 35.5. The van der Waals surface area contributed by atoms with Crippen molar-refractivity contribution in [2.75, 3.05) is 9.80 Å². The average Bonchev–Trinajstić information content (AvgIpc) is 1.37. The van der Waals surface area contributed by atoms with Gasteiger partial charge in [0.2, 0.25) is 0 Å². The van der Waals surface area contributed by atoms with Gasteiger partial charge in [-0.25, -0.2) is 0 Å². The molecule has 12 aromatic carbocycles. The van der Waals surface area contributed by atoms with Crippen LogP contribution in [0.15, 0.2) is 285 Å². The summed E-state index contributed by atoms with van der Waals surface area (Å²) in [6.45, 7) is -0.486. The number of hydrogen-bond acceptors (Lipinski definition) is 2. The number of fused-ring (bicyclic) bond motifs is 7. The van der Waals surface area contributed by atoms with Gasteiger partial charge in [-0.1, -0.05) is 272 Å². The van der Waals surface area contributed by atoms with Crippen molar-refractivity contribution in [3.05, 3.63) is 317 Å². The lowest BCUT2D eigenvalue weighted by atomic mass is 9.33. The number of halogens is 2. The first kappa shape index (κ1) is 38.4. The first-order valence-corrected chi connectivity index (χ1v) is 26.8. The third-order valence-electron chi connectivity index (χ3n) is 15.9. The van der Waals surface area contributed by atoms with E-state index in [1.165, 1.54) is 0 Å². The first-order valence-electron chi connectivity index (χ1n) is 30.0. The Bertz CT molecular complexity index is 4400. The molecule has 2 heterocycles. The van der Waals surface area contributed by atoms with E-state index in [1.807, 2.05) is 127 Å². The number of rotatable bonds is 8. The lowest BCUT2D eigenvalue weighted by Crippen LogP contribution is -2.61. The third-order valence-corrected chi connectivity index (χ3v) is 16.3. The summed E-state index contributed by atoms with van der Waals surface area (Å²) in [4.78, 5) is 4.61. The minimum absolute atomic E-state index is 0.00985. The summed E-state index contributed by atoms with van der Waals surface area (Å²) < 4.78 is 77.7. The molecule has 12 aromatic rings. The monoisotopic (exact) mass is 1040 g/mol. The van der Waals surface area contributed by atoms with Crippen molar-refractivity contribution in [1.82, 2.24) is 0 Å². The van der Waals surface area contributed by atoms with E-state index in [2.05, 4.69) is 119 Å². The molecule has 1 aliphatic carbocycles. The minimum atomic E-state index is -1.86. The van der Waals surface area contributed by atoms with Crippen LogP contribution in [-0.4, -0.2) is 6.71 Å². The molecule has 3 aliphatic rings. The summed E-state index contributed by atoms with van der Waals surface area (Å²) in [6, 6.07) is 76.0. The highest BCUT2D eigenvalue weighted by molar-refractivity contribution is 7.00. The molecular weight excluding hydrogens is 987 g/mol. The molecular formula is C73H47BCl2N2. The summed E-state index contributed by atoms with van der Waals surface area (Å²) in [5.41, 5.74) is 14.3. The van der Waals surface area contributed by atoms with E-state index in [9.17, 15) is 11.0 Å². The zero-order valence-corrected chi connectivity index (χ0v) is 43.3. The molecule has 0 spiro atoms. The molecule has 2 aliphatic heterocycles. The summed E-state index contributed by atoms with van der Waals surface area (Å²) in [6.07, 6.45) is 0. The summed E-state index contributed by atoms with van der Waals surface area (Å²) in [7, 11) is 0. The quantitative estimate of drug-likeness (QED) is 0.140. The predicted molar refractivity (Wildman–Crippen MR) is 330 cm³/mol. The van der Waals surface area contributed by atoms with E-state index in [0.29, 0.717) is 32.5 Å². The molecule has 0 atom stereocenters. The van der Waals surface area contributed by atoms with Crippen LogP contribution in [0.5, 0.6) is 0 Å². The van der Waals surface area contributed by atoms with Crippen LogP contribution in [0.1, 0.15) is 33.2 Å². The Balaban J connectivity index is 1.21. The molecule has 0 saturated heterocycles. The summed E-state index contributed by atoms with van der Waals surface area (Å²) >= 11 is 14.7. The van der Waals surface area contributed by atoms with Gasteiger partial charge in [0.25, 0.3) is 6.71 Å². The maximum absolute atomic E-state index is 10.2. The minimum Gasteiger partial charge on any atom is -0.310 e. The molecule has 5 heteroatoms. The van der Waals surface area contributed by atoms with Gasteiger partial charge in [-0.3, -0.25) is 0 Å². The molecule has 0 bridgehead atoms. The lowest BCUT2D eigenvalue weighted by molar-refractivity contribution is 0.768. The first-order chi connectivity index (χ1) is 41.9. The van der Waals surface area contributed by atoms with Gasteiger partial charge >= 0.3 is 0 Å². The van der Waals surface area contributed by atoms with Crippen LogP contribution >= 0.6 is 23.2 Å². The van der Waals surface area contributed by atoms with Crippen LogP contribution in [-0.2, 0) is 5.41 Å². The molecule has 2 nitrogen and oxygen atoms in total. The highest BCUT2D eigenvalue weighted by Gasteiger charge is 2.50. The molecule has 366 valence electrons. The van der Waals surface area contributed by atoms with Crippen molar-refractivity contribution in [1.29, 1.82) is 0 Å². The fraction of sp³-hybridized carbons (Fsp3) is 0.0137. The van der Waals surface area contributed by atoms with Crippen molar-refractivity contribution in [2.24, 2.45) is 0 Å². The number of anilines is 6. The zero-order valence-electron chi connectivity index (χ0n) is 49.7. The summed E-state index contributed by atoms with van der Waals surface area (Å²) in [5.74, 6) is 0. The van der Waals surface area contributed by atoms with E-state index in [0.717, 1.165) is 83.6 Å². The van der Waals surface area contributed by atoms with Gasteiger partial charge in [0.1, 0.15) is 0 Å². The van der Waals surface area contributed by atoms with Gasteiger partial charge in [-0.15, -0.1) is 0 Å². The van der Waals surface area contributed by atoms with Crippen molar-refractivity contribution < 1.29 is 11.0 Å². The summed E-state index contributed by atoms with van der Waals surface area (Å²) in [5, 5.41) is 0.993. The lowest BCUT2D eigenvalue weighted by Gasteiger charge is -2.47. The Morgan fingerprint density at radius 1 is 0.333 bits per heavy atom. The molecule has 0 radical (unpaired) electrons. The number of nitrogens with zero attached hydrogens (tertiary/aromatic N) is 2. The Morgan fingerprint density at radius 3 is 1.08 bits per heavy atom. The van der Waals surface area contributed by atoms with E-state index in [4.69, 9.17) is 23.2 Å². The highest BCUT2D eigenvalue weighted by Crippen LogP contribution is 2.59. The fourth-order valence-corrected chi connectivity index (χ4v) is 13.1. The second-order valence-electron chi connectivity index (χ2n) is 19.9. The second kappa shape index (κ2) is 18.6. The Hall–Kier alpha value is -9.12. The van der Waals surface area contributed by atoms with Crippen LogP contribution < -0.4 is 26.2 Å². The van der Waals surface area contributed by atoms with Crippen LogP contribution in [0.2, 0.25) is 10.0 Å². The van der Waals surface area contributed by atoms with Crippen LogP contribution in [0, 0.1) is 0 Å². The van der Waals surface area contributed by atoms with Gasteiger partial charge in [0.05, 0.1) is 27.8 Å². The molecule has 0 aromatic heterocycles. The van der Waals surface area contributed by atoms with Gasteiger partial charge in [-0.2, -0.15) is 0 Å².